The summed E-state index contributed by atoms with van der Waals surface area (Å²) < 4.78 is 4.21. The average Bonchev–Trinajstić information content (AvgIpc) is 3.12. The lowest BCUT2D eigenvalue weighted by molar-refractivity contribution is 0.711. The van der Waals surface area contributed by atoms with Gasteiger partial charge in [0.2, 0.25) is 0 Å². The number of aromatic nitrogens is 3. The first-order valence-corrected chi connectivity index (χ1v) is 7.78. The fourth-order valence-electron chi connectivity index (χ4n) is 1.98. The van der Waals surface area contributed by atoms with E-state index in [4.69, 9.17) is 11.6 Å². The van der Waals surface area contributed by atoms with E-state index in [0.29, 0.717) is 11.9 Å². The second kappa shape index (κ2) is 4.94. The van der Waals surface area contributed by atoms with Crippen molar-refractivity contribution in [2.24, 2.45) is 0 Å². The van der Waals surface area contributed by atoms with E-state index in [1.165, 1.54) is 12.8 Å². The highest BCUT2D eigenvalue weighted by atomic mass is 79.9. The Kier molecular flexibility index (Phi) is 3.47. The maximum absolute atomic E-state index is 5.93. The van der Waals surface area contributed by atoms with Crippen LogP contribution in [0.5, 0.6) is 0 Å². The van der Waals surface area contributed by atoms with Gasteiger partial charge in [-0.1, -0.05) is 31.9 Å². The Labute approximate surface area is 127 Å². The molecule has 94 valence electrons. The van der Waals surface area contributed by atoms with E-state index in [-0.39, 0.29) is 0 Å². The van der Waals surface area contributed by atoms with Gasteiger partial charge >= 0.3 is 0 Å². The van der Waals surface area contributed by atoms with Crippen LogP contribution in [0.4, 0.5) is 0 Å². The van der Waals surface area contributed by atoms with Crippen LogP contribution < -0.4 is 0 Å². The fraction of sp³-hybridized carbons (Fsp3) is 0.333. The van der Waals surface area contributed by atoms with Gasteiger partial charge in [-0.25, -0.2) is 0 Å². The minimum Gasteiger partial charge on any atom is -0.307 e. The van der Waals surface area contributed by atoms with E-state index < -0.39 is 0 Å². The molecular weight excluding hydrogens is 381 g/mol. The summed E-state index contributed by atoms with van der Waals surface area (Å²) in [4.78, 5) is 0. The van der Waals surface area contributed by atoms with Crippen LogP contribution in [0, 0.1) is 0 Å². The summed E-state index contributed by atoms with van der Waals surface area (Å²) in [6, 6.07) is 6.56. The monoisotopic (exact) mass is 389 g/mol. The minimum atomic E-state index is 0.398. The molecule has 18 heavy (non-hydrogen) atoms. The first kappa shape index (κ1) is 12.6. The Balaban J connectivity index is 2.16. The van der Waals surface area contributed by atoms with Crippen molar-refractivity contribution < 1.29 is 0 Å². The molecule has 0 atom stereocenters. The molecule has 0 N–H and O–H groups in total. The Morgan fingerprint density at radius 2 is 2.06 bits per heavy atom. The third-order valence-corrected chi connectivity index (χ3v) is 4.39. The smallest absolute Gasteiger partial charge is 0.165 e. The van der Waals surface area contributed by atoms with Crippen LogP contribution in [-0.2, 0) is 5.88 Å². The molecule has 1 fully saturated rings. The quantitative estimate of drug-likeness (QED) is 0.719. The van der Waals surface area contributed by atoms with Gasteiger partial charge in [0.25, 0.3) is 0 Å². The molecule has 1 aliphatic carbocycles. The molecule has 1 aromatic heterocycles. The highest BCUT2D eigenvalue weighted by Gasteiger charge is 2.30. The molecule has 0 bridgehead atoms. The number of benzene rings is 1. The van der Waals surface area contributed by atoms with Gasteiger partial charge in [-0.3, -0.25) is 0 Å². The van der Waals surface area contributed by atoms with Gasteiger partial charge in [0, 0.05) is 20.6 Å². The summed E-state index contributed by atoms with van der Waals surface area (Å²) in [6.07, 6.45) is 2.36. The minimum absolute atomic E-state index is 0.398. The van der Waals surface area contributed by atoms with Crippen molar-refractivity contribution in [2.45, 2.75) is 24.8 Å². The van der Waals surface area contributed by atoms with E-state index in [9.17, 15) is 0 Å². The van der Waals surface area contributed by atoms with E-state index in [0.717, 1.165) is 26.2 Å². The van der Waals surface area contributed by atoms with E-state index in [1.54, 1.807) is 0 Å². The Bertz CT molecular complexity index is 593. The predicted octanol–water partition coefficient (Wildman–Crippen LogP) is 4.54. The van der Waals surface area contributed by atoms with Crippen LogP contribution in [0.3, 0.4) is 0 Å². The molecular formula is C12H10Br2ClN3. The van der Waals surface area contributed by atoms with Gasteiger partial charge in [-0.2, -0.15) is 0 Å². The molecule has 1 saturated carbocycles. The molecule has 2 aromatic rings. The third-order valence-electron chi connectivity index (χ3n) is 2.97. The van der Waals surface area contributed by atoms with Crippen molar-refractivity contribution >= 4 is 43.5 Å². The molecule has 1 aromatic carbocycles. The molecule has 0 saturated heterocycles. The second-order valence-corrected chi connectivity index (χ2v) is 6.34. The predicted molar refractivity (Wildman–Crippen MR) is 78.7 cm³/mol. The zero-order valence-corrected chi connectivity index (χ0v) is 13.3. The third kappa shape index (κ3) is 2.24. The second-order valence-electron chi connectivity index (χ2n) is 4.30. The van der Waals surface area contributed by atoms with Crippen LogP contribution in [-0.4, -0.2) is 14.8 Å². The zero-order chi connectivity index (χ0) is 12.7. The first-order chi connectivity index (χ1) is 8.70. The van der Waals surface area contributed by atoms with Crippen molar-refractivity contribution in [3.63, 3.8) is 0 Å². The lowest BCUT2D eigenvalue weighted by Crippen LogP contribution is -2.02. The van der Waals surface area contributed by atoms with Gasteiger partial charge in [-0.05, 0) is 31.0 Å². The van der Waals surface area contributed by atoms with Gasteiger partial charge in [0.05, 0.1) is 5.88 Å². The number of alkyl halides is 1. The van der Waals surface area contributed by atoms with Crippen LogP contribution in [0.25, 0.3) is 11.4 Å². The number of halogens is 3. The summed E-state index contributed by atoms with van der Waals surface area (Å²) in [5.74, 6) is 2.14. The Hall–Kier alpha value is -0.390. The summed E-state index contributed by atoms with van der Waals surface area (Å²) in [5.41, 5.74) is 1.04. The Morgan fingerprint density at radius 3 is 2.72 bits per heavy atom. The highest BCUT2D eigenvalue weighted by molar-refractivity contribution is 9.11. The first-order valence-electron chi connectivity index (χ1n) is 5.66. The zero-order valence-electron chi connectivity index (χ0n) is 9.41. The molecule has 0 unspecified atom stereocenters. The molecule has 1 aliphatic rings. The van der Waals surface area contributed by atoms with Crippen LogP contribution in [0.15, 0.2) is 27.1 Å². The standard InChI is InChI=1S/C12H10Br2ClN3/c13-7-1-4-10(14)9(5-7)12-17-16-11(6-15)18(12)8-2-3-8/h1,4-5,8H,2-3,6H2. The maximum Gasteiger partial charge on any atom is 0.165 e. The molecule has 0 spiro atoms. The molecule has 3 nitrogen and oxygen atoms in total. The molecule has 0 aliphatic heterocycles. The lowest BCUT2D eigenvalue weighted by Gasteiger charge is -2.09. The molecule has 0 amide bonds. The highest BCUT2D eigenvalue weighted by Crippen LogP contribution is 2.40. The van der Waals surface area contributed by atoms with Gasteiger partial charge in [0.1, 0.15) is 5.82 Å². The largest absolute Gasteiger partial charge is 0.307 e. The Morgan fingerprint density at radius 1 is 1.28 bits per heavy atom. The van der Waals surface area contributed by atoms with Crippen LogP contribution in [0.1, 0.15) is 24.7 Å². The van der Waals surface area contributed by atoms with Crippen molar-refractivity contribution in [3.05, 3.63) is 33.0 Å². The van der Waals surface area contributed by atoms with Gasteiger partial charge < -0.3 is 4.57 Å². The SMILES string of the molecule is ClCc1nnc(-c2cc(Br)ccc2Br)n1C1CC1. The van der Waals surface area contributed by atoms with Crippen LogP contribution >= 0.6 is 43.5 Å². The van der Waals surface area contributed by atoms with E-state index >= 15 is 0 Å². The number of rotatable bonds is 3. The van der Waals surface area contributed by atoms with Crippen molar-refractivity contribution in [1.82, 2.24) is 14.8 Å². The molecule has 0 radical (unpaired) electrons. The molecule has 1 heterocycles. The molecule has 6 heteroatoms. The summed E-state index contributed by atoms with van der Waals surface area (Å²) in [6.45, 7) is 0. The normalized spacial score (nSPS) is 15.1. The van der Waals surface area contributed by atoms with Crippen molar-refractivity contribution in [2.75, 3.05) is 0 Å². The average molecular weight is 391 g/mol. The summed E-state index contributed by atoms with van der Waals surface area (Å²) in [5, 5.41) is 8.49. The maximum atomic E-state index is 5.93. The fourth-order valence-corrected chi connectivity index (χ4v) is 2.95. The topological polar surface area (TPSA) is 30.7 Å². The van der Waals surface area contributed by atoms with E-state index in [2.05, 4.69) is 46.6 Å². The number of hydrogen-bond donors (Lipinski definition) is 0. The lowest BCUT2D eigenvalue weighted by atomic mass is 10.2. The van der Waals surface area contributed by atoms with E-state index in [1.807, 2.05) is 18.2 Å². The summed E-state index contributed by atoms with van der Waals surface area (Å²) in [7, 11) is 0. The van der Waals surface area contributed by atoms with Crippen molar-refractivity contribution in [1.29, 1.82) is 0 Å². The number of nitrogens with zero attached hydrogens (tertiary/aromatic N) is 3. The molecule has 3 rings (SSSR count). The summed E-state index contributed by atoms with van der Waals surface area (Å²) >= 11 is 13.0. The van der Waals surface area contributed by atoms with Gasteiger partial charge in [0.15, 0.2) is 5.82 Å². The van der Waals surface area contributed by atoms with Crippen molar-refractivity contribution in [3.8, 4) is 11.4 Å². The van der Waals surface area contributed by atoms with Crippen LogP contribution in [0.2, 0.25) is 0 Å². The van der Waals surface area contributed by atoms with Gasteiger partial charge in [-0.15, -0.1) is 21.8 Å². The number of hydrogen-bond acceptors (Lipinski definition) is 2.